The Morgan fingerprint density at radius 1 is 1.00 bits per heavy atom. The number of anilines is 1. The number of carbonyl (C=O) groups excluding carboxylic acids is 1. The average molecular weight is 331 g/mol. The molecule has 0 bridgehead atoms. The number of benzene rings is 2. The highest BCUT2D eigenvalue weighted by molar-refractivity contribution is 6.38. The molecule has 2 rings (SSSR count). The Labute approximate surface area is 131 Å². The Morgan fingerprint density at radius 3 is 2.25 bits per heavy atom. The summed E-state index contributed by atoms with van der Waals surface area (Å²) in [5, 5.41) is 1.07. The van der Waals surface area contributed by atoms with Gasteiger partial charge in [-0.1, -0.05) is 46.9 Å². The number of nitrogen functional groups attached to an aromatic ring is 1. The first-order chi connectivity index (χ1) is 9.49. The maximum atomic E-state index is 12.0. The topological polar surface area (TPSA) is 52.3 Å². The Hall–Kier alpha value is -1.42. The van der Waals surface area contributed by atoms with E-state index >= 15 is 0 Å². The van der Waals surface area contributed by atoms with Crippen LogP contribution in [0.15, 0.2) is 36.4 Å². The fraction of sp³-hybridized carbons (Fsp3) is 0.0714. The molecular formula is C14H10Cl3NO2. The number of nitrogens with two attached hydrogens (primary N) is 1. The molecule has 6 heteroatoms. The fourth-order valence-corrected chi connectivity index (χ4v) is 2.10. The summed E-state index contributed by atoms with van der Waals surface area (Å²) in [5.41, 5.74) is 6.73. The van der Waals surface area contributed by atoms with E-state index in [1.165, 1.54) is 12.1 Å². The molecule has 0 aliphatic carbocycles. The maximum absolute atomic E-state index is 12.0. The van der Waals surface area contributed by atoms with E-state index in [1.54, 1.807) is 24.3 Å². The highest BCUT2D eigenvalue weighted by Gasteiger charge is 2.18. The molecule has 0 radical (unpaired) electrons. The summed E-state index contributed by atoms with van der Waals surface area (Å²) in [4.78, 5) is 12.0. The molecule has 0 amide bonds. The van der Waals surface area contributed by atoms with Gasteiger partial charge in [0.1, 0.15) is 12.2 Å². The average Bonchev–Trinajstić information content (AvgIpc) is 2.43. The van der Waals surface area contributed by atoms with E-state index in [1.807, 2.05) is 0 Å². The van der Waals surface area contributed by atoms with Gasteiger partial charge in [-0.3, -0.25) is 0 Å². The van der Waals surface area contributed by atoms with Crippen molar-refractivity contribution in [3.8, 4) is 0 Å². The first kappa shape index (κ1) is 15.0. The highest BCUT2D eigenvalue weighted by atomic mass is 35.5. The van der Waals surface area contributed by atoms with E-state index < -0.39 is 5.97 Å². The quantitative estimate of drug-likeness (QED) is 0.661. The lowest BCUT2D eigenvalue weighted by Crippen LogP contribution is -2.09. The van der Waals surface area contributed by atoms with Crippen molar-refractivity contribution in [2.45, 2.75) is 6.61 Å². The van der Waals surface area contributed by atoms with Crippen molar-refractivity contribution in [1.29, 1.82) is 0 Å². The van der Waals surface area contributed by atoms with Crippen molar-refractivity contribution >= 4 is 46.5 Å². The van der Waals surface area contributed by atoms with Crippen LogP contribution in [-0.2, 0) is 11.3 Å². The molecule has 20 heavy (non-hydrogen) atoms. The van der Waals surface area contributed by atoms with E-state index in [2.05, 4.69) is 0 Å². The first-order valence-corrected chi connectivity index (χ1v) is 6.77. The van der Waals surface area contributed by atoms with Crippen LogP contribution in [0.5, 0.6) is 0 Å². The molecule has 0 heterocycles. The molecule has 2 aromatic carbocycles. The van der Waals surface area contributed by atoms with Gasteiger partial charge in [0, 0.05) is 5.02 Å². The molecule has 3 nitrogen and oxygen atoms in total. The van der Waals surface area contributed by atoms with Crippen LogP contribution in [0.4, 0.5) is 5.69 Å². The van der Waals surface area contributed by atoms with Crippen molar-refractivity contribution in [3.05, 3.63) is 62.6 Å². The summed E-state index contributed by atoms with van der Waals surface area (Å²) in [6.45, 7) is 0.0955. The van der Waals surface area contributed by atoms with Crippen molar-refractivity contribution in [3.63, 3.8) is 0 Å². The molecule has 0 aliphatic rings. The molecule has 0 unspecified atom stereocenters. The summed E-state index contributed by atoms with van der Waals surface area (Å²) in [7, 11) is 0. The summed E-state index contributed by atoms with van der Waals surface area (Å²) >= 11 is 17.6. The van der Waals surface area contributed by atoms with Crippen molar-refractivity contribution in [1.82, 2.24) is 0 Å². The molecule has 0 fully saturated rings. The number of carbonyl (C=O) groups is 1. The van der Waals surface area contributed by atoms with Gasteiger partial charge in [-0.2, -0.15) is 0 Å². The molecule has 2 aromatic rings. The third kappa shape index (κ3) is 3.37. The van der Waals surface area contributed by atoms with Crippen LogP contribution in [0.1, 0.15) is 15.9 Å². The molecule has 0 atom stereocenters. The first-order valence-electron chi connectivity index (χ1n) is 5.64. The van der Waals surface area contributed by atoms with Gasteiger partial charge in [0.25, 0.3) is 0 Å². The van der Waals surface area contributed by atoms with Gasteiger partial charge < -0.3 is 10.5 Å². The highest BCUT2D eigenvalue weighted by Crippen LogP contribution is 2.30. The Balaban J connectivity index is 2.13. The lowest BCUT2D eigenvalue weighted by Gasteiger charge is -2.10. The monoisotopic (exact) mass is 329 g/mol. The van der Waals surface area contributed by atoms with Crippen LogP contribution in [0.3, 0.4) is 0 Å². The third-order valence-electron chi connectivity index (χ3n) is 2.63. The molecule has 104 valence electrons. The molecular weight excluding hydrogens is 321 g/mol. The molecule has 2 N–H and O–H groups in total. The summed E-state index contributed by atoms with van der Waals surface area (Å²) in [5.74, 6) is -0.620. The predicted octanol–water partition coefficient (Wildman–Crippen LogP) is 4.59. The Bertz CT molecular complexity index is 642. The van der Waals surface area contributed by atoms with Crippen LogP contribution in [0.25, 0.3) is 0 Å². The Morgan fingerprint density at radius 2 is 1.60 bits per heavy atom. The number of rotatable bonds is 3. The number of hydrogen-bond donors (Lipinski definition) is 1. The van der Waals surface area contributed by atoms with Gasteiger partial charge in [-0.25, -0.2) is 4.79 Å². The standard InChI is InChI=1S/C14H10Cl3NO2/c15-9-3-1-8(2-4-9)7-20-14(19)12-10(16)5-6-11(17)13(12)18/h1-6H,7,18H2. The minimum Gasteiger partial charge on any atom is -0.457 e. The van der Waals surface area contributed by atoms with E-state index in [0.717, 1.165) is 5.56 Å². The second kappa shape index (κ2) is 6.35. The minimum absolute atomic E-state index is 0.0770. The van der Waals surface area contributed by atoms with Crippen molar-refractivity contribution < 1.29 is 9.53 Å². The van der Waals surface area contributed by atoms with E-state index in [4.69, 9.17) is 45.3 Å². The van der Waals surface area contributed by atoms with E-state index in [9.17, 15) is 4.79 Å². The second-order valence-corrected chi connectivity index (χ2v) is 5.27. The predicted molar refractivity (Wildman–Crippen MR) is 81.4 cm³/mol. The van der Waals surface area contributed by atoms with E-state index in [0.29, 0.717) is 5.02 Å². The molecule has 0 saturated heterocycles. The zero-order valence-corrected chi connectivity index (χ0v) is 12.5. The zero-order chi connectivity index (χ0) is 14.7. The second-order valence-electron chi connectivity index (χ2n) is 4.02. The summed E-state index contributed by atoms with van der Waals surface area (Å²) in [6.07, 6.45) is 0. The van der Waals surface area contributed by atoms with Gasteiger partial charge in [0.15, 0.2) is 0 Å². The molecule has 0 spiro atoms. The maximum Gasteiger partial charge on any atom is 0.342 e. The fourth-order valence-electron chi connectivity index (χ4n) is 1.58. The smallest absolute Gasteiger partial charge is 0.342 e. The van der Waals surface area contributed by atoms with E-state index in [-0.39, 0.29) is 27.9 Å². The number of halogens is 3. The van der Waals surface area contributed by atoms with Crippen LogP contribution in [0.2, 0.25) is 15.1 Å². The SMILES string of the molecule is Nc1c(Cl)ccc(Cl)c1C(=O)OCc1ccc(Cl)cc1. The van der Waals surface area contributed by atoms with Crippen molar-refractivity contribution in [2.75, 3.05) is 5.73 Å². The zero-order valence-electron chi connectivity index (χ0n) is 10.2. The molecule has 0 saturated carbocycles. The lowest BCUT2D eigenvalue weighted by atomic mass is 10.2. The largest absolute Gasteiger partial charge is 0.457 e. The van der Waals surface area contributed by atoms with Gasteiger partial charge in [0.2, 0.25) is 0 Å². The summed E-state index contributed by atoms with van der Waals surface area (Å²) < 4.78 is 5.17. The van der Waals surface area contributed by atoms with Gasteiger partial charge in [-0.05, 0) is 29.8 Å². The van der Waals surface area contributed by atoms with Gasteiger partial charge in [-0.15, -0.1) is 0 Å². The molecule has 0 aromatic heterocycles. The van der Waals surface area contributed by atoms with Crippen LogP contribution in [0, 0.1) is 0 Å². The third-order valence-corrected chi connectivity index (χ3v) is 3.53. The Kier molecular flexibility index (Phi) is 4.76. The van der Waals surface area contributed by atoms with Gasteiger partial charge in [0.05, 0.1) is 15.7 Å². The number of esters is 1. The number of hydrogen-bond acceptors (Lipinski definition) is 3. The minimum atomic E-state index is -0.620. The van der Waals surface area contributed by atoms with Crippen molar-refractivity contribution in [2.24, 2.45) is 0 Å². The van der Waals surface area contributed by atoms with Crippen LogP contribution in [-0.4, -0.2) is 5.97 Å². The number of ether oxygens (including phenoxy) is 1. The van der Waals surface area contributed by atoms with Crippen LogP contribution >= 0.6 is 34.8 Å². The lowest BCUT2D eigenvalue weighted by molar-refractivity contribution is 0.0474. The van der Waals surface area contributed by atoms with Gasteiger partial charge >= 0.3 is 5.97 Å². The summed E-state index contributed by atoms with van der Waals surface area (Å²) in [6, 6.07) is 9.97. The van der Waals surface area contributed by atoms with Crippen LogP contribution < -0.4 is 5.73 Å². The normalized spacial score (nSPS) is 10.3. The molecule has 0 aliphatic heterocycles.